The number of allylic oxidation sites excluding steroid dienone is 1. The van der Waals surface area contributed by atoms with Crippen molar-refractivity contribution in [3.05, 3.63) is 47.7 Å². The smallest absolute Gasteiger partial charge is 0.0772 e. The molecule has 2 nitrogen and oxygen atoms in total. The van der Waals surface area contributed by atoms with E-state index in [4.69, 9.17) is 0 Å². The Morgan fingerprint density at radius 2 is 1.53 bits per heavy atom. The number of hydrogen-bond donors (Lipinski definition) is 0. The summed E-state index contributed by atoms with van der Waals surface area (Å²) in [5.74, 6) is 0. The Bertz CT molecular complexity index is 419. The van der Waals surface area contributed by atoms with Gasteiger partial charge in [-0.05, 0) is 31.2 Å². The van der Waals surface area contributed by atoms with E-state index in [9.17, 15) is 8.42 Å². The second-order valence-electron chi connectivity index (χ2n) is 2.70. The molecule has 2 unspecified atom stereocenters. The van der Waals surface area contributed by atoms with Crippen LogP contribution in [0, 0.1) is 0 Å². The molecule has 80 valence electrons. The van der Waals surface area contributed by atoms with Crippen LogP contribution in [0.2, 0.25) is 0 Å². The first kappa shape index (κ1) is 12.1. The molecule has 0 heterocycles. The standard InChI is InChI=1S/C11H12O2S2/c1-3-9-15(13)11-7-5-10(6-8-11)14(12)4-2/h3-9H,2H2,1H3. The molecule has 0 N–H and O–H groups in total. The number of benzene rings is 1. The molecule has 1 aromatic rings. The summed E-state index contributed by atoms with van der Waals surface area (Å²) in [5, 5.41) is 2.98. The van der Waals surface area contributed by atoms with Gasteiger partial charge in [0.1, 0.15) is 0 Å². The van der Waals surface area contributed by atoms with Gasteiger partial charge in [0.25, 0.3) is 0 Å². The van der Waals surface area contributed by atoms with Crippen LogP contribution in [-0.2, 0) is 21.6 Å². The van der Waals surface area contributed by atoms with Gasteiger partial charge in [-0.1, -0.05) is 12.7 Å². The van der Waals surface area contributed by atoms with Crippen molar-refractivity contribution in [1.29, 1.82) is 0 Å². The lowest BCUT2D eigenvalue weighted by molar-refractivity contribution is 0.686. The van der Waals surface area contributed by atoms with Gasteiger partial charge in [0.15, 0.2) is 0 Å². The highest BCUT2D eigenvalue weighted by atomic mass is 32.2. The van der Waals surface area contributed by atoms with Crippen LogP contribution in [0.5, 0.6) is 0 Å². The Balaban J connectivity index is 2.94. The molecule has 0 fully saturated rings. The Kier molecular flexibility index (Phi) is 4.65. The van der Waals surface area contributed by atoms with Crippen LogP contribution in [0.1, 0.15) is 6.92 Å². The van der Waals surface area contributed by atoms with Gasteiger partial charge in [-0.15, -0.1) is 0 Å². The zero-order chi connectivity index (χ0) is 11.3. The number of hydrogen-bond acceptors (Lipinski definition) is 2. The van der Waals surface area contributed by atoms with Crippen molar-refractivity contribution in [2.24, 2.45) is 0 Å². The Labute approximate surface area is 94.6 Å². The molecule has 0 aliphatic heterocycles. The predicted octanol–water partition coefficient (Wildman–Crippen LogP) is 2.58. The summed E-state index contributed by atoms with van der Waals surface area (Å²) < 4.78 is 22.8. The predicted molar refractivity (Wildman–Crippen MR) is 64.3 cm³/mol. The molecule has 0 spiro atoms. The third-order valence-corrected chi connectivity index (χ3v) is 4.00. The average Bonchev–Trinajstić information content (AvgIpc) is 2.28. The van der Waals surface area contributed by atoms with Gasteiger partial charge in [0.2, 0.25) is 0 Å². The van der Waals surface area contributed by atoms with Crippen LogP contribution in [0.3, 0.4) is 0 Å². The normalized spacial score (nSPS) is 15.0. The van der Waals surface area contributed by atoms with Crippen molar-refractivity contribution >= 4 is 21.6 Å². The van der Waals surface area contributed by atoms with Gasteiger partial charge in [-0.2, -0.15) is 0 Å². The van der Waals surface area contributed by atoms with Crippen molar-refractivity contribution in [2.45, 2.75) is 16.7 Å². The van der Waals surface area contributed by atoms with E-state index in [1.807, 2.05) is 6.92 Å². The molecule has 0 saturated heterocycles. The van der Waals surface area contributed by atoms with Crippen LogP contribution in [0.4, 0.5) is 0 Å². The van der Waals surface area contributed by atoms with Crippen molar-refractivity contribution in [2.75, 3.05) is 0 Å². The van der Waals surface area contributed by atoms with E-state index in [1.165, 1.54) is 5.41 Å². The topological polar surface area (TPSA) is 34.1 Å². The Morgan fingerprint density at radius 3 is 1.93 bits per heavy atom. The zero-order valence-corrected chi connectivity index (χ0v) is 10.0. The minimum Gasteiger partial charge on any atom is -0.250 e. The van der Waals surface area contributed by atoms with Crippen molar-refractivity contribution in [1.82, 2.24) is 0 Å². The fraction of sp³-hybridized carbons (Fsp3) is 0.0909. The minimum absolute atomic E-state index is 0.672. The maximum Gasteiger partial charge on any atom is 0.0772 e. The summed E-state index contributed by atoms with van der Waals surface area (Å²) >= 11 is 0. The van der Waals surface area contributed by atoms with E-state index in [-0.39, 0.29) is 0 Å². The minimum atomic E-state index is -1.17. The summed E-state index contributed by atoms with van der Waals surface area (Å²) in [4.78, 5) is 1.38. The highest BCUT2D eigenvalue weighted by Crippen LogP contribution is 2.13. The summed E-state index contributed by atoms with van der Waals surface area (Å²) in [6.45, 7) is 5.27. The Hall–Kier alpha value is -1.00. The molecule has 0 bridgehead atoms. The lowest BCUT2D eigenvalue weighted by Gasteiger charge is -1.99. The maximum absolute atomic E-state index is 11.5. The fourth-order valence-corrected chi connectivity index (χ4v) is 2.41. The SMILES string of the molecule is C=CS(=O)c1ccc(S(=O)C=CC)cc1. The van der Waals surface area contributed by atoms with Gasteiger partial charge in [-0.3, -0.25) is 0 Å². The quantitative estimate of drug-likeness (QED) is 0.810. The molecule has 15 heavy (non-hydrogen) atoms. The van der Waals surface area contributed by atoms with Gasteiger partial charge >= 0.3 is 0 Å². The van der Waals surface area contributed by atoms with Crippen molar-refractivity contribution in [3.63, 3.8) is 0 Å². The highest BCUT2D eigenvalue weighted by molar-refractivity contribution is 7.88. The number of rotatable bonds is 4. The molecule has 0 saturated carbocycles. The summed E-state index contributed by atoms with van der Waals surface area (Å²) in [6.07, 6.45) is 1.74. The molecule has 0 aromatic heterocycles. The molecule has 1 aromatic carbocycles. The molecular formula is C11H12O2S2. The molecule has 2 atom stereocenters. The van der Waals surface area contributed by atoms with Crippen molar-refractivity contribution < 1.29 is 8.42 Å². The Morgan fingerprint density at radius 1 is 1.07 bits per heavy atom. The maximum atomic E-state index is 11.5. The molecular weight excluding hydrogens is 228 g/mol. The van der Waals surface area contributed by atoms with Crippen LogP contribution < -0.4 is 0 Å². The largest absolute Gasteiger partial charge is 0.250 e. The van der Waals surface area contributed by atoms with E-state index in [0.29, 0.717) is 9.79 Å². The second kappa shape index (κ2) is 5.78. The van der Waals surface area contributed by atoms with Gasteiger partial charge < -0.3 is 0 Å². The van der Waals surface area contributed by atoms with E-state index in [2.05, 4.69) is 6.58 Å². The van der Waals surface area contributed by atoms with Gasteiger partial charge in [0.05, 0.1) is 21.6 Å². The molecule has 0 radical (unpaired) electrons. The third kappa shape index (κ3) is 3.25. The monoisotopic (exact) mass is 240 g/mol. The first-order valence-electron chi connectivity index (χ1n) is 4.35. The van der Waals surface area contributed by atoms with E-state index in [1.54, 1.807) is 35.7 Å². The second-order valence-corrected chi connectivity index (χ2v) is 5.44. The lowest BCUT2D eigenvalue weighted by atomic mass is 10.4. The third-order valence-electron chi connectivity index (χ3n) is 1.70. The van der Waals surface area contributed by atoms with Crippen LogP contribution >= 0.6 is 0 Å². The first-order chi connectivity index (χ1) is 7.19. The van der Waals surface area contributed by atoms with E-state index >= 15 is 0 Å². The van der Waals surface area contributed by atoms with E-state index in [0.717, 1.165) is 0 Å². The summed E-state index contributed by atoms with van der Waals surface area (Å²) in [5.41, 5.74) is 0. The molecule has 0 aliphatic rings. The highest BCUT2D eigenvalue weighted by Gasteiger charge is 2.02. The van der Waals surface area contributed by atoms with Gasteiger partial charge in [0, 0.05) is 20.6 Å². The van der Waals surface area contributed by atoms with Crippen LogP contribution in [0.25, 0.3) is 0 Å². The zero-order valence-electron chi connectivity index (χ0n) is 8.38. The molecule has 4 heteroatoms. The first-order valence-corrected chi connectivity index (χ1v) is 6.78. The molecule has 0 amide bonds. The fourth-order valence-electron chi connectivity index (χ4n) is 1.01. The summed E-state index contributed by atoms with van der Waals surface area (Å²) in [6, 6.07) is 6.84. The van der Waals surface area contributed by atoms with Crippen LogP contribution in [-0.4, -0.2) is 8.42 Å². The molecule has 1 rings (SSSR count). The average molecular weight is 240 g/mol. The lowest BCUT2D eigenvalue weighted by Crippen LogP contribution is -1.89. The van der Waals surface area contributed by atoms with Gasteiger partial charge in [-0.25, -0.2) is 8.42 Å². The van der Waals surface area contributed by atoms with E-state index < -0.39 is 21.6 Å². The van der Waals surface area contributed by atoms with Crippen molar-refractivity contribution in [3.8, 4) is 0 Å². The summed E-state index contributed by atoms with van der Waals surface area (Å²) in [7, 11) is -2.28. The van der Waals surface area contributed by atoms with Crippen LogP contribution in [0.15, 0.2) is 57.5 Å². The molecule has 0 aliphatic carbocycles.